The van der Waals surface area contributed by atoms with Crippen molar-refractivity contribution >= 4 is 29.3 Å². The number of amides is 2. The Morgan fingerprint density at radius 3 is 2.67 bits per heavy atom. The van der Waals surface area contributed by atoms with Gasteiger partial charge in [-0.2, -0.15) is 0 Å². The molecule has 0 atom stereocenters. The molecule has 0 aromatic heterocycles. The molecule has 0 aliphatic carbocycles. The third-order valence-corrected chi connectivity index (χ3v) is 4.52. The van der Waals surface area contributed by atoms with Gasteiger partial charge in [-0.3, -0.25) is 9.59 Å². The molecule has 2 amide bonds. The van der Waals surface area contributed by atoms with Crippen LogP contribution >= 0.6 is 11.8 Å². The predicted octanol–water partition coefficient (Wildman–Crippen LogP) is 3.26. The zero-order valence-electron chi connectivity index (χ0n) is 13.3. The molecule has 1 N–H and O–H groups in total. The van der Waals surface area contributed by atoms with Crippen LogP contribution in [0.25, 0.3) is 0 Å². The first-order chi connectivity index (χ1) is 11.6. The zero-order valence-corrected chi connectivity index (χ0v) is 14.1. The second kappa shape index (κ2) is 7.40. The Kier molecular flexibility index (Phi) is 5.05. The number of anilines is 1. The van der Waals surface area contributed by atoms with Gasteiger partial charge in [0.05, 0.1) is 17.3 Å². The summed E-state index contributed by atoms with van der Waals surface area (Å²) >= 11 is 1.52. The van der Waals surface area contributed by atoms with E-state index in [4.69, 9.17) is 4.74 Å². The normalized spacial score (nSPS) is 13.9. The highest BCUT2D eigenvalue weighted by atomic mass is 32.2. The maximum atomic E-state index is 12.2. The minimum atomic E-state index is -0.231. The lowest BCUT2D eigenvalue weighted by Gasteiger charge is -2.16. The topological polar surface area (TPSA) is 58.6 Å². The molecular formula is C18H18N2O3S. The fourth-order valence-corrected chi connectivity index (χ4v) is 3.20. The maximum Gasteiger partial charge on any atom is 0.244 e. The summed E-state index contributed by atoms with van der Waals surface area (Å²) < 4.78 is 5.86. The van der Waals surface area contributed by atoms with Crippen molar-refractivity contribution in [2.24, 2.45) is 0 Å². The molecule has 0 unspecified atom stereocenters. The smallest absolute Gasteiger partial charge is 0.244 e. The highest BCUT2D eigenvalue weighted by molar-refractivity contribution is 8.00. The monoisotopic (exact) mass is 342 g/mol. The fourth-order valence-electron chi connectivity index (χ4n) is 2.30. The van der Waals surface area contributed by atoms with Crippen LogP contribution in [0, 0.1) is 6.92 Å². The van der Waals surface area contributed by atoms with Gasteiger partial charge in [0, 0.05) is 0 Å². The van der Waals surface area contributed by atoms with E-state index in [1.807, 2.05) is 43.3 Å². The van der Waals surface area contributed by atoms with Crippen LogP contribution in [0.1, 0.15) is 5.56 Å². The summed E-state index contributed by atoms with van der Waals surface area (Å²) in [5, 5.41) is 2.82. The van der Waals surface area contributed by atoms with Crippen molar-refractivity contribution in [2.45, 2.75) is 6.92 Å². The minimum Gasteiger partial charge on any atom is -0.455 e. The van der Waals surface area contributed by atoms with Crippen LogP contribution < -0.4 is 10.1 Å². The van der Waals surface area contributed by atoms with Crippen LogP contribution in [0.4, 0.5) is 5.69 Å². The number of hydrogen-bond donors (Lipinski definition) is 1. The number of thioether (sulfide) groups is 1. The Bertz CT molecular complexity index is 746. The molecule has 1 saturated heterocycles. The van der Waals surface area contributed by atoms with Crippen molar-refractivity contribution in [3.05, 3.63) is 54.1 Å². The Hall–Kier alpha value is -2.47. The molecule has 1 aliphatic rings. The van der Waals surface area contributed by atoms with E-state index in [9.17, 15) is 9.59 Å². The van der Waals surface area contributed by atoms with Gasteiger partial charge in [-0.25, -0.2) is 0 Å². The van der Waals surface area contributed by atoms with E-state index in [0.717, 1.165) is 5.56 Å². The highest BCUT2D eigenvalue weighted by Gasteiger charge is 2.23. The van der Waals surface area contributed by atoms with Gasteiger partial charge in [-0.05, 0) is 31.2 Å². The third kappa shape index (κ3) is 4.08. The lowest BCUT2D eigenvalue weighted by Crippen LogP contribution is -2.34. The molecule has 0 saturated carbocycles. The minimum absolute atomic E-state index is 0.000611. The molecule has 0 spiro atoms. The van der Waals surface area contributed by atoms with Gasteiger partial charge in [-0.15, -0.1) is 11.8 Å². The van der Waals surface area contributed by atoms with Crippen molar-refractivity contribution in [3.63, 3.8) is 0 Å². The molecule has 2 aromatic carbocycles. The zero-order chi connectivity index (χ0) is 16.9. The predicted molar refractivity (Wildman–Crippen MR) is 95.4 cm³/mol. The third-order valence-electron chi connectivity index (χ3n) is 3.57. The maximum absolute atomic E-state index is 12.2. The molecule has 6 heteroatoms. The van der Waals surface area contributed by atoms with Crippen molar-refractivity contribution in [1.82, 2.24) is 4.90 Å². The van der Waals surface area contributed by atoms with E-state index in [1.54, 1.807) is 17.0 Å². The molecule has 0 radical (unpaired) electrons. The Morgan fingerprint density at radius 2 is 1.96 bits per heavy atom. The van der Waals surface area contributed by atoms with Crippen molar-refractivity contribution in [3.8, 4) is 11.5 Å². The summed E-state index contributed by atoms with van der Waals surface area (Å²) in [5.74, 6) is 2.05. The number of hydrogen-bond acceptors (Lipinski definition) is 4. The number of benzene rings is 2. The van der Waals surface area contributed by atoms with Gasteiger partial charge in [0.1, 0.15) is 12.3 Å². The van der Waals surface area contributed by atoms with E-state index in [1.165, 1.54) is 11.8 Å². The standard InChI is InChI=1S/C18H18N2O3S/c1-13-6-8-14(9-7-13)23-16-5-3-2-4-15(16)19-17(21)10-20-12-24-11-18(20)22/h2-9H,10-12H2,1H3,(H,19,21). The number of ether oxygens (including phenoxy) is 1. The number of para-hydroxylation sites is 2. The lowest BCUT2D eigenvalue weighted by molar-refractivity contribution is -0.130. The molecule has 1 fully saturated rings. The van der Waals surface area contributed by atoms with Gasteiger partial charge in [-0.1, -0.05) is 29.8 Å². The number of carbonyl (C=O) groups is 2. The summed E-state index contributed by atoms with van der Waals surface area (Å²) in [6.45, 7) is 2.07. The molecule has 24 heavy (non-hydrogen) atoms. The van der Waals surface area contributed by atoms with Crippen LogP contribution in [0.2, 0.25) is 0 Å². The largest absolute Gasteiger partial charge is 0.455 e. The first-order valence-corrected chi connectivity index (χ1v) is 8.76. The summed E-state index contributed by atoms with van der Waals surface area (Å²) in [5.41, 5.74) is 1.74. The summed E-state index contributed by atoms with van der Waals surface area (Å²) in [6.07, 6.45) is 0. The van der Waals surface area contributed by atoms with E-state index < -0.39 is 0 Å². The van der Waals surface area contributed by atoms with Crippen molar-refractivity contribution in [1.29, 1.82) is 0 Å². The summed E-state index contributed by atoms with van der Waals surface area (Å²) in [4.78, 5) is 25.3. The molecular weight excluding hydrogens is 324 g/mol. The summed E-state index contributed by atoms with van der Waals surface area (Å²) in [6, 6.07) is 14.9. The number of rotatable bonds is 5. The van der Waals surface area contributed by atoms with Crippen LogP contribution in [0.3, 0.4) is 0 Å². The molecule has 0 bridgehead atoms. The lowest BCUT2D eigenvalue weighted by atomic mass is 10.2. The second-order valence-electron chi connectivity index (χ2n) is 5.53. The SMILES string of the molecule is Cc1ccc(Oc2ccccc2NC(=O)CN2CSCC2=O)cc1. The van der Waals surface area contributed by atoms with Crippen LogP contribution in [-0.2, 0) is 9.59 Å². The Labute approximate surface area is 145 Å². The first kappa shape index (κ1) is 16.4. The molecule has 2 aromatic rings. The first-order valence-electron chi connectivity index (χ1n) is 7.61. The Morgan fingerprint density at radius 1 is 1.21 bits per heavy atom. The average Bonchev–Trinajstić information content (AvgIpc) is 2.96. The number of aryl methyl sites for hydroxylation is 1. The quantitative estimate of drug-likeness (QED) is 0.906. The molecule has 3 rings (SSSR count). The second-order valence-corrected chi connectivity index (χ2v) is 6.48. The van der Waals surface area contributed by atoms with Gasteiger partial charge < -0.3 is 15.0 Å². The molecule has 5 nitrogen and oxygen atoms in total. The van der Waals surface area contributed by atoms with E-state index in [-0.39, 0.29) is 18.4 Å². The van der Waals surface area contributed by atoms with Crippen LogP contribution in [0.15, 0.2) is 48.5 Å². The number of nitrogens with zero attached hydrogens (tertiary/aromatic N) is 1. The van der Waals surface area contributed by atoms with Gasteiger partial charge in [0.2, 0.25) is 11.8 Å². The molecule has 124 valence electrons. The number of carbonyl (C=O) groups excluding carboxylic acids is 2. The van der Waals surface area contributed by atoms with Gasteiger partial charge in [0.15, 0.2) is 5.75 Å². The van der Waals surface area contributed by atoms with E-state index in [2.05, 4.69) is 5.32 Å². The van der Waals surface area contributed by atoms with Crippen molar-refractivity contribution in [2.75, 3.05) is 23.5 Å². The molecule has 1 aliphatic heterocycles. The fraction of sp³-hybridized carbons (Fsp3) is 0.222. The molecule has 1 heterocycles. The van der Waals surface area contributed by atoms with E-state index >= 15 is 0 Å². The Balaban J connectivity index is 1.68. The van der Waals surface area contributed by atoms with Crippen molar-refractivity contribution < 1.29 is 14.3 Å². The van der Waals surface area contributed by atoms with Crippen LogP contribution in [0.5, 0.6) is 11.5 Å². The average molecular weight is 342 g/mol. The van der Waals surface area contributed by atoms with Crippen LogP contribution in [-0.4, -0.2) is 34.9 Å². The van der Waals surface area contributed by atoms with Gasteiger partial charge >= 0.3 is 0 Å². The van der Waals surface area contributed by atoms with E-state index in [0.29, 0.717) is 28.8 Å². The number of nitrogens with one attached hydrogen (secondary N) is 1. The highest BCUT2D eigenvalue weighted by Crippen LogP contribution is 2.29. The summed E-state index contributed by atoms with van der Waals surface area (Å²) in [7, 11) is 0. The van der Waals surface area contributed by atoms with Gasteiger partial charge in [0.25, 0.3) is 0 Å².